The van der Waals surface area contributed by atoms with Crippen LogP contribution in [0.1, 0.15) is 44.7 Å². The lowest BCUT2D eigenvalue weighted by atomic mass is 10.0. The number of halogens is 1. The SMILES string of the molecule is CC(C)(C)OC(=O)N1CCC(Nc2cccc(OCc3ccc(C#N)cc3F)c2)CC1. The van der Waals surface area contributed by atoms with E-state index in [1.165, 1.54) is 6.07 Å². The lowest BCUT2D eigenvalue weighted by molar-refractivity contribution is 0.0210. The molecule has 2 aromatic carbocycles. The van der Waals surface area contributed by atoms with Crippen LogP contribution < -0.4 is 10.1 Å². The maximum atomic E-state index is 14.0. The number of nitriles is 1. The summed E-state index contributed by atoms with van der Waals surface area (Å²) >= 11 is 0. The van der Waals surface area contributed by atoms with Crippen molar-refractivity contribution in [1.82, 2.24) is 4.90 Å². The number of carbonyl (C=O) groups excluding carboxylic acids is 1. The molecule has 6 nitrogen and oxygen atoms in total. The van der Waals surface area contributed by atoms with Crippen LogP contribution in [0, 0.1) is 17.1 Å². The number of rotatable bonds is 5. The first-order valence-electron chi connectivity index (χ1n) is 10.4. The van der Waals surface area contributed by atoms with Gasteiger partial charge in [0.05, 0.1) is 11.6 Å². The highest BCUT2D eigenvalue weighted by atomic mass is 19.1. The molecule has 0 aliphatic carbocycles. The molecule has 0 unspecified atom stereocenters. The third kappa shape index (κ3) is 6.61. The molecule has 0 bridgehead atoms. The van der Waals surface area contributed by atoms with Crippen molar-refractivity contribution in [3.8, 4) is 11.8 Å². The van der Waals surface area contributed by atoms with Crippen LogP contribution in [0.4, 0.5) is 14.9 Å². The van der Waals surface area contributed by atoms with Gasteiger partial charge in [0.25, 0.3) is 0 Å². The topological polar surface area (TPSA) is 74.6 Å². The highest BCUT2D eigenvalue weighted by Crippen LogP contribution is 2.23. The van der Waals surface area contributed by atoms with Crippen LogP contribution in [0.3, 0.4) is 0 Å². The predicted molar refractivity (Wildman–Crippen MR) is 116 cm³/mol. The van der Waals surface area contributed by atoms with Crippen molar-refractivity contribution in [2.45, 2.75) is 51.9 Å². The summed E-state index contributed by atoms with van der Waals surface area (Å²) in [6.45, 7) is 6.95. The van der Waals surface area contributed by atoms with Crippen molar-refractivity contribution in [2.24, 2.45) is 0 Å². The third-order valence-electron chi connectivity index (χ3n) is 4.93. The van der Waals surface area contributed by atoms with Gasteiger partial charge in [0.2, 0.25) is 0 Å². The first-order valence-corrected chi connectivity index (χ1v) is 10.4. The number of piperidine rings is 1. The summed E-state index contributed by atoms with van der Waals surface area (Å²) in [5.41, 5.74) is 1.10. The molecular formula is C24H28FN3O3. The van der Waals surface area contributed by atoms with Gasteiger partial charge in [0, 0.05) is 36.4 Å². The number of carbonyl (C=O) groups is 1. The number of ether oxygens (including phenoxy) is 2. The minimum absolute atomic E-state index is 0.0786. The zero-order chi connectivity index (χ0) is 22.4. The number of nitrogens with zero attached hydrogens (tertiary/aromatic N) is 2. The lowest BCUT2D eigenvalue weighted by Gasteiger charge is -2.34. The first-order chi connectivity index (χ1) is 14.7. The zero-order valence-corrected chi connectivity index (χ0v) is 18.2. The Labute approximate surface area is 182 Å². The maximum absolute atomic E-state index is 14.0. The van der Waals surface area contributed by atoms with Crippen molar-refractivity contribution in [3.05, 3.63) is 59.4 Å². The van der Waals surface area contributed by atoms with E-state index in [0.29, 0.717) is 24.4 Å². The summed E-state index contributed by atoms with van der Waals surface area (Å²) in [4.78, 5) is 13.9. The highest BCUT2D eigenvalue weighted by molar-refractivity contribution is 5.68. The van der Waals surface area contributed by atoms with Gasteiger partial charge in [-0.15, -0.1) is 0 Å². The van der Waals surface area contributed by atoms with Crippen molar-refractivity contribution in [1.29, 1.82) is 5.26 Å². The van der Waals surface area contributed by atoms with Crippen LogP contribution in [0.2, 0.25) is 0 Å². The van der Waals surface area contributed by atoms with E-state index in [2.05, 4.69) is 5.32 Å². The Bertz CT molecular complexity index is 957. The fraction of sp³-hybridized carbons (Fsp3) is 0.417. The molecule has 1 amide bonds. The number of hydrogen-bond donors (Lipinski definition) is 1. The number of anilines is 1. The van der Waals surface area contributed by atoms with Gasteiger partial charge in [0.1, 0.15) is 23.8 Å². The third-order valence-corrected chi connectivity index (χ3v) is 4.93. The van der Waals surface area contributed by atoms with Gasteiger partial charge >= 0.3 is 6.09 Å². The first kappa shape index (κ1) is 22.4. The Balaban J connectivity index is 1.51. The quantitative estimate of drug-likeness (QED) is 0.722. The predicted octanol–water partition coefficient (Wildman–Crippen LogP) is 5.09. The summed E-state index contributed by atoms with van der Waals surface area (Å²) < 4.78 is 25.2. The number of benzene rings is 2. The smallest absolute Gasteiger partial charge is 0.410 e. The highest BCUT2D eigenvalue weighted by Gasteiger charge is 2.26. The summed E-state index contributed by atoms with van der Waals surface area (Å²) in [7, 11) is 0. The number of likely N-dealkylation sites (tertiary alicyclic amines) is 1. The second kappa shape index (κ2) is 9.69. The molecule has 0 aromatic heterocycles. The van der Waals surface area contributed by atoms with Crippen LogP contribution in [0.15, 0.2) is 42.5 Å². The molecule has 1 aliphatic heterocycles. The Morgan fingerprint density at radius 3 is 2.61 bits per heavy atom. The summed E-state index contributed by atoms with van der Waals surface area (Å²) in [6.07, 6.45) is 1.37. The molecule has 7 heteroatoms. The van der Waals surface area contributed by atoms with E-state index in [9.17, 15) is 9.18 Å². The molecule has 1 aliphatic rings. The standard InChI is InChI=1S/C24H28FN3O3/c1-24(2,3)31-23(29)28-11-9-19(10-12-28)27-20-5-4-6-21(14-20)30-16-18-8-7-17(15-26)13-22(18)25/h4-8,13-14,19,27H,9-12,16H2,1-3H3. The van der Waals surface area contributed by atoms with E-state index in [0.717, 1.165) is 18.5 Å². The Kier molecular flexibility index (Phi) is 7.01. The van der Waals surface area contributed by atoms with Gasteiger partial charge in [-0.25, -0.2) is 9.18 Å². The van der Waals surface area contributed by atoms with Crippen LogP contribution in [0.25, 0.3) is 0 Å². The maximum Gasteiger partial charge on any atom is 0.410 e. The molecular weight excluding hydrogens is 397 g/mol. The van der Waals surface area contributed by atoms with E-state index in [1.54, 1.807) is 17.0 Å². The van der Waals surface area contributed by atoms with E-state index in [4.69, 9.17) is 14.7 Å². The fourth-order valence-electron chi connectivity index (χ4n) is 3.34. The lowest BCUT2D eigenvalue weighted by Crippen LogP contribution is -2.44. The molecule has 0 atom stereocenters. The van der Waals surface area contributed by atoms with E-state index in [1.807, 2.05) is 51.1 Å². The van der Waals surface area contributed by atoms with Crippen molar-refractivity contribution in [2.75, 3.05) is 18.4 Å². The van der Waals surface area contributed by atoms with Crippen molar-refractivity contribution >= 4 is 11.8 Å². The molecule has 0 radical (unpaired) electrons. The zero-order valence-electron chi connectivity index (χ0n) is 18.2. The van der Waals surface area contributed by atoms with Gasteiger partial charge in [0.15, 0.2) is 0 Å². The average Bonchev–Trinajstić information content (AvgIpc) is 2.72. The van der Waals surface area contributed by atoms with Gasteiger partial charge in [-0.3, -0.25) is 0 Å². The largest absolute Gasteiger partial charge is 0.489 e. The Hall–Kier alpha value is -3.27. The van der Waals surface area contributed by atoms with Gasteiger partial charge in [-0.05, 0) is 57.9 Å². The second-order valence-electron chi connectivity index (χ2n) is 8.62. The van der Waals surface area contributed by atoms with E-state index in [-0.39, 0.29) is 24.3 Å². The Morgan fingerprint density at radius 2 is 1.97 bits per heavy atom. The normalized spacial score (nSPS) is 14.6. The second-order valence-corrected chi connectivity index (χ2v) is 8.62. The summed E-state index contributed by atoms with van der Waals surface area (Å²) in [5.74, 6) is 0.171. The number of hydrogen-bond acceptors (Lipinski definition) is 5. The monoisotopic (exact) mass is 425 g/mol. The van der Waals surface area contributed by atoms with Crippen molar-refractivity contribution in [3.63, 3.8) is 0 Å². The van der Waals surface area contributed by atoms with Crippen LogP contribution in [-0.4, -0.2) is 35.7 Å². The number of nitrogens with one attached hydrogen (secondary N) is 1. The van der Waals surface area contributed by atoms with Crippen LogP contribution in [0.5, 0.6) is 5.75 Å². The molecule has 31 heavy (non-hydrogen) atoms. The number of amides is 1. The molecule has 1 fully saturated rings. The van der Waals surface area contributed by atoms with E-state index >= 15 is 0 Å². The molecule has 0 spiro atoms. The van der Waals surface area contributed by atoms with Gasteiger partial charge in [-0.2, -0.15) is 5.26 Å². The summed E-state index contributed by atoms with van der Waals surface area (Å²) in [6, 6.07) is 14.0. The molecule has 2 aromatic rings. The van der Waals surface area contributed by atoms with Crippen LogP contribution in [-0.2, 0) is 11.3 Å². The molecule has 164 valence electrons. The Morgan fingerprint density at radius 1 is 1.23 bits per heavy atom. The average molecular weight is 426 g/mol. The molecule has 1 heterocycles. The van der Waals surface area contributed by atoms with Gasteiger partial charge in [-0.1, -0.05) is 12.1 Å². The molecule has 0 saturated carbocycles. The fourth-order valence-corrected chi connectivity index (χ4v) is 3.34. The van der Waals surface area contributed by atoms with Crippen molar-refractivity contribution < 1.29 is 18.7 Å². The van der Waals surface area contributed by atoms with Gasteiger partial charge < -0.3 is 19.7 Å². The summed E-state index contributed by atoms with van der Waals surface area (Å²) in [5, 5.41) is 12.3. The molecule has 1 saturated heterocycles. The molecule has 3 rings (SSSR count). The minimum Gasteiger partial charge on any atom is -0.489 e. The molecule has 1 N–H and O–H groups in total. The van der Waals surface area contributed by atoms with Crippen LogP contribution >= 0.6 is 0 Å². The van der Waals surface area contributed by atoms with E-state index < -0.39 is 11.4 Å². The minimum atomic E-state index is -0.493.